The van der Waals surface area contributed by atoms with Gasteiger partial charge in [-0.05, 0) is 58.3 Å². The monoisotopic (exact) mass is 624 g/mol. The Morgan fingerprint density at radius 1 is 1.18 bits per heavy atom. The molecule has 2 aliphatic heterocycles. The van der Waals surface area contributed by atoms with Crippen LogP contribution in [-0.4, -0.2) is 124 Å². The molecular formula is C32H52N2O10. The van der Waals surface area contributed by atoms with Crippen molar-refractivity contribution < 1.29 is 49.3 Å². The van der Waals surface area contributed by atoms with E-state index in [0.29, 0.717) is 51.1 Å². The Labute approximate surface area is 260 Å². The molecule has 44 heavy (non-hydrogen) atoms. The van der Waals surface area contributed by atoms with Gasteiger partial charge in [0.05, 0.1) is 18.8 Å². The molecule has 2 heterocycles. The normalized spacial score (nSPS) is 36.0. The Kier molecular flexibility index (Phi) is 13.8. The number of rotatable bonds is 16. The average Bonchev–Trinajstić information content (AvgIpc) is 3.82. The molecule has 6 N–H and O–H groups in total. The van der Waals surface area contributed by atoms with Crippen molar-refractivity contribution in [3.8, 4) is 0 Å². The highest BCUT2D eigenvalue weighted by molar-refractivity contribution is 5.85. The molecule has 12 nitrogen and oxygen atoms in total. The molecule has 4 rings (SSSR count). The highest BCUT2D eigenvalue weighted by Crippen LogP contribution is 2.38. The number of aliphatic hydroxyl groups excluding tert-OH is 5. The summed E-state index contributed by atoms with van der Waals surface area (Å²) in [6.07, 6.45) is 5.67. The van der Waals surface area contributed by atoms with E-state index in [0.717, 1.165) is 19.6 Å². The molecule has 1 amide bonds. The fraction of sp³-hybridized carbons (Fsp3) is 0.812. The second-order valence-corrected chi connectivity index (χ2v) is 12.5. The number of carbonyl (C=O) groups excluding carboxylic acids is 2. The predicted molar refractivity (Wildman–Crippen MR) is 160 cm³/mol. The molecule has 0 radical (unpaired) electrons. The third kappa shape index (κ3) is 9.63. The number of ether oxygens (including phenoxy) is 3. The smallest absolute Gasteiger partial charge is 0.219 e. The quantitative estimate of drug-likeness (QED) is 0.104. The van der Waals surface area contributed by atoms with Gasteiger partial charge in [-0.15, -0.1) is 0 Å². The molecule has 0 aromatic carbocycles. The van der Waals surface area contributed by atoms with Crippen molar-refractivity contribution in [3.63, 3.8) is 0 Å². The minimum atomic E-state index is -1.59. The Bertz CT molecular complexity index is 973. The predicted octanol–water partition coefficient (Wildman–Crippen LogP) is 0.538. The summed E-state index contributed by atoms with van der Waals surface area (Å²) < 4.78 is 17.6. The molecule has 2 saturated heterocycles. The van der Waals surface area contributed by atoms with Crippen LogP contribution in [0.3, 0.4) is 0 Å². The van der Waals surface area contributed by atoms with Crippen molar-refractivity contribution in [2.45, 2.75) is 126 Å². The van der Waals surface area contributed by atoms with E-state index in [1.54, 1.807) is 12.2 Å². The van der Waals surface area contributed by atoms with Crippen LogP contribution in [0.25, 0.3) is 0 Å². The number of allylic oxidation sites excluding steroid dienone is 2. The van der Waals surface area contributed by atoms with Crippen LogP contribution >= 0.6 is 0 Å². The summed E-state index contributed by atoms with van der Waals surface area (Å²) in [5, 5.41) is 54.1. The number of hydrogen-bond donors (Lipinski definition) is 6. The zero-order valence-electron chi connectivity index (χ0n) is 25.8. The van der Waals surface area contributed by atoms with Gasteiger partial charge in [0, 0.05) is 50.4 Å². The van der Waals surface area contributed by atoms with E-state index in [2.05, 4.69) is 10.2 Å². The number of ketones is 1. The zero-order chi connectivity index (χ0) is 31.6. The third-order valence-corrected chi connectivity index (χ3v) is 9.09. The largest absolute Gasteiger partial charge is 0.394 e. The van der Waals surface area contributed by atoms with E-state index in [-0.39, 0.29) is 24.3 Å². The zero-order valence-corrected chi connectivity index (χ0v) is 25.8. The first-order valence-corrected chi connectivity index (χ1v) is 16.4. The van der Waals surface area contributed by atoms with Crippen molar-refractivity contribution in [2.24, 2.45) is 11.8 Å². The third-order valence-electron chi connectivity index (χ3n) is 9.09. The second kappa shape index (κ2) is 17.3. The minimum Gasteiger partial charge on any atom is -0.394 e. The van der Waals surface area contributed by atoms with Crippen molar-refractivity contribution in [3.05, 3.63) is 24.3 Å². The van der Waals surface area contributed by atoms with Gasteiger partial charge < -0.3 is 45.1 Å². The standard InChI is InChI=1S/C32H52N2O10/c1-2-33-27(38)9-6-4-3-5-8-22-23(14-12-21(36)13-15-28-34(20-10-11-20)16-7-17-42-28)25(18-24(22)37)43-32-31(41)30(40)29(39)26(19-35)44-32/h3,5,12,14,20-23,25-26,28-32,35-36,39-41H,2,4,6-11,13,15-19H2,1H3,(H,33,38)/b5-3-,14-12+/t21-,22-,23-,25-,26?,28?,29-,30+,31?,32+/m1/s1. The first-order valence-electron chi connectivity index (χ1n) is 16.4. The average molecular weight is 625 g/mol. The summed E-state index contributed by atoms with van der Waals surface area (Å²) in [5.74, 6) is -0.913. The molecule has 2 saturated carbocycles. The highest BCUT2D eigenvalue weighted by atomic mass is 16.7. The lowest BCUT2D eigenvalue weighted by Gasteiger charge is -2.41. The van der Waals surface area contributed by atoms with Crippen LogP contribution in [0.5, 0.6) is 0 Å². The molecule has 12 heteroatoms. The van der Waals surface area contributed by atoms with Crippen molar-refractivity contribution in [1.82, 2.24) is 10.2 Å². The van der Waals surface area contributed by atoms with Gasteiger partial charge in [0.15, 0.2) is 6.29 Å². The molecule has 4 fully saturated rings. The van der Waals surface area contributed by atoms with Crippen molar-refractivity contribution in [1.29, 1.82) is 0 Å². The number of amides is 1. The SMILES string of the molecule is CCNC(=O)CCC/C=C\C[C@H]1C(=O)C[C@@H](O[C@H]2OC(CO)[C@@H](O)[C@H](O)C2O)[C@@H]1/C=C/[C@@H](O)CCC1OCCCN1C1CC1. The first kappa shape index (κ1) is 35.1. The summed E-state index contributed by atoms with van der Waals surface area (Å²) in [6.45, 7) is 3.64. The molecule has 0 aromatic rings. The minimum absolute atomic E-state index is 0.000519. The van der Waals surface area contributed by atoms with E-state index < -0.39 is 61.4 Å². The Morgan fingerprint density at radius 2 is 1.98 bits per heavy atom. The van der Waals surface area contributed by atoms with Crippen LogP contribution in [0.2, 0.25) is 0 Å². The number of aliphatic hydroxyl groups is 5. The number of Topliss-reactive ketones (excluding diaryl/α,β-unsaturated/α-hetero) is 1. The van der Waals surface area contributed by atoms with Crippen LogP contribution in [0.1, 0.15) is 71.1 Å². The summed E-state index contributed by atoms with van der Waals surface area (Å²) in [7, 11) is 0. The molecule has 0 aromatic heterocycles. The second-order valence-electron chi connectivity index (χ2n) is 12.5. The van der Waals surface area contributed by atoms with E-state index in [1.807, 2.05) is 19.1 Å². The van der Waals surface area contributed by atoms with Gasteiger partial charge in [-0.25, -0.2) is 0 Å². The van der Waals surface area contributed by atoms with Gasteiger partial charge in [0.25, 0.3) is 0 Å². The van der Waals surface area contributed by atoms with Crippen molar-refractivity contribution >= 4 is 11.7 Å². The van der Waals surface area contributed by atoms with Crippen LogP contribution < -0.4 is 5.32 Å². The maximum Gasteiger partial charge on any atom is 0.219 e. The van der Waals surface area contributed by atoms with Gasteiger partial charge in [-0.2, -0.15) is 0 Å². The van der Waals surface area contributed by atoms with Gasteiger partial charge in [-0.1, -0.05) is 24.3 Å². The Hall–Kier alpha value is -1.74. The highest BCUT2D eigenvalue weighted by Gasteiger charge is 2.48. The van der Waals surface area contributed by atoms with Crippen LogP contribution in [0, 0.1) is 11.8 Å². The fourth-order valence-corrected chi connectivity index (χ4v) is 6.47. The van der Waals surface area contributed by atoms with Gasteiger partial charge in [0.1, 0.15) is 36.4 Å². The molecule has 0 spiro atoms. The number of hydrogen-bond acceptors (Lipinski definition) is 11. The fourth-order valence-electron chi connectivity index (χ4n) is 6.47. The van der Waals surface area contributed by atoms with Crippen LogP contribution in [-0.2, 0) is 23.8 Å². The lowest BCUT2D eigenvalue weighted by molar-refractivity contribution is -0.312. The van der Waals surface area contributed by atoms with Gasteiger partial charge in [-0.3, -0.25) is 14.5 Å². The first-order chi connectivity index (χ1) is 21.2. The lowest BCUT2D eigenvalue weighted by Crippen LogP contribution is -2.59. The van der Waals surface area contributed by atoms with E-state index in [9.17, 15) is 35.1 Å². The molecule has 250 valence electrons. The lowest BCUT2D eigenvalue weighted by atomic mass is 9.89. The maximum absolute atomic E-state index is 13.2. The van der Waals surface area contributed by atoms with Crippen molar-refractivity contribution in [2.75, 3.05) is 26.3 Å². The molecule has 2 aliphatic carbocycles. The molecule has 4 aliphatic rings. The number of nitrogens with zero attached hydrogens (tertiary/aromatic N) is 1. The Balaban J connectivity index is 1.39. The molecular weight excluding hydrogens is 572 g/mol. The molecule has 3 unspecified atom stereocenters. The number of carbonyl (C=O) groups is 2. The topological polar surface area (TPSA) is 178 Å². The van der Waals surface area contributed by atoms with Gasteiger partial charge in [0.2, 0.25) is 5.91 Å². The van der Waals surface area contributed by atoms with Crippen LogP contribution in [0.15, 0.2) is 24.3 Å². The molecule has 10 atom stereocenters. The van der Waals surface area contributed by atoms with E-state index >= 15 is 0 Å². The maximum atomic E-state index is 13.2. The summed E-state index contributed by atoms with van der Waals surface area (Å²) in [4.78, 5) is 27.3. The van der Waals surface area contributed by atoms with Gasteiger partial charge >= 0.3 is 0 Å². The van der Waals surface area contributed by atoms with E-state index in [4.69, 9.17) is 14.2 Å². The number of unbranched alkanes of at least 4 members (excludes halogenated alkanes) is 1. The number of nitrogens with one attached hydrogen (secondary N) is 1. The van der Waals surface area contributed by atoms with Crippen LogP contribution in [0.4, 0.5) is 0 Å². The summed E-state index contributed by atoms with van der Waals surface area (Å²) in [5.41, 5.74) is 0. The Morgan fingerprint density at radius 3 is 2.70 bits per heavy atom. The molecule has 0 bridgehead atoms. The summed E-state index contributed by atoms with van der Waals surface area (Å²) in [6, 6.07) is 0.583. The van der Waals surface area contributed by atoms with E-state index in [1.165, 1.54) is 12.8 Å². The summed E-state index contributed by atoms with van der Waals surface area (Å²) >= 11 is 0.